The summed E-state index contributed by atoms with van der Waals surface area (Å²) in [6, 6.07) is -1.05. The highest BCUT2D eigenvalue weighted by Gasteiger charge is 2.24. The number of rotatable bonds is 7. The highest BCUT2D eigenvalue weighted by Crippen LogP contribution is 2.07. The molecule has 7 heteroatoms. The first-order chi connectivity index (χ1) is 7.34. The maximum Gasteiger partial charge on any atom is 0.323 e. The smallest absolute Gasteiger partial charge is 0.323 e. The Kier molecular flexibility index (Phi) is 6.09. The zero-order valence-electron chi connectivity index (χ0n) is 8.88. The zero-order chi connectivity index (χ0) is 12.7. The van der Waals surface area contributed by atoms with Crippen molar-refractivity contribution in [2.75, 3.05) is 6.61 Å². The van der Waals surface area contributed by atoms with Gasteiger partial charge in [-0.05, 0) is 5.92 Å². The van der Waals surface area contributed by atoms with E-state index >= 15 is 0 Å². The normalized spacial score (nSPS) is 13.9. The van der Waals surface area contributed by atoms with Crippen LogP contribution in [0.1, 0.15) is 19.8 Å². The van der Waals surface area contributed by atoms with Gasteiger partial charge in [-0.15, -0.1) is 0 Å². The van der Waals surface area contributed by atoms with Crippen LogP contribution in [0.5, 0.6) is 0 Å². The van der Waals surface area contributed by atoms with Gasteiger partial charge in [-0.25, -0.2) is 0 Å². The van der Waals surface area contributed by atoms with Crippen molar-refractivity contribution in [3.8, 4) is 0 Å². The molecule has 4 N–H and O–H groups in total. The summed E-state index contributed by atoms with van der Waals surface area (Å²) < 4.78 is 4.58. The van der Waals surface area contributed by atoms with Gasteiger partial charge in [0.25, 0.3) is 0 Å². The van der Waals surface area contributed by atoms with E-state index in [1.807, 2.05) is 0 Å². The SMILES string of the molecule is CC(CC(=O)O)[C@H](N)C(=O)OCCC(=O)O. The molecule has 0 aromatic rings. The third-order valence-corrected chi connectivity index (χ3v) is 1.94. The van der Waals surface area contributed by atoms with Crippen LogP contribution in [0.15, 0.2) is 0 Å². The summed E-state index contributed by atoms with van der Waals surface area (Å²) in [6.45, 7) is 1.25. The lowest BCUT2D eigenvalue weighted by Crippen LogP contribution is -2.39. The maximum atomic E-state index is 11.2. The van der Waals surface area contributed by atoms with Gasteiger partial charge < -0.3 is 20.7 Å². The van der Waals surface area contributed by atoms with Gasteiger partial charge in [0.15, 0.2) is 0 Å². The lowest BCUT2D eigenvalue weighted by molar-refractivity contribution is -0.149. The van der Waals surface area contributed by atoms with Gasteiger partial charge in [0, 0.05) is 6.42 Å². The first kappa shape index (κ1) is 14.4. The summed E-state index contributed by atoms with van der Waals surface area (Å²) >= 11 is 0. The Balaban J connectivity index is 3.97. The lowest BCUT2D eigenvalue weighted by Gasteiger charge is -2.16. The molecule has 0 aromatic heterocycles. The molecule has 16 heavy (non-hydrogen) atoms. The fourth-order valence-corrected chi connectivity index (χ4v) is 0.970. The van der Waals surface area contributed by atoms with Crippen LogP contribution in [-0.4, -0.2) is 40.8 Å². The Labute approximate surface area is 92.2 Å². The van der Waals surface area contributed by atoms with Gasteiger partial charge in [0.2, 0.25) is 0 Å². The fraction of sp³-hybridized carbons (Fsp3) is 0.667. The van der Waals surface area contributed by atoms with Crippen molar-refractivity contribution in [3.63, 3.8) is 0 Å². The second-order valence-electron chi connectivity index (χ2n) is 3.41. The number of carbonyl (C=O) groups excluding carboxylic acids is 1. The van der Waals surface area contributed by atoms with Gasteiger partial charge >= 0.3 is 17.9 Å². The summed E-state index contributed by atoms with van der Waals surface area (Å²) in [7, 11) is 0. The topological polar surface area (TPSA) is 127 Å². The quantitative estimate of drug-likeness (QED) is 0.503. The number of carboxylic acid groups (broad SMARTS) is 2. The molecule has 0 heterocycles. The van der Waals surface area contributed by atoms with Crippen LogP contribution >= 0.6 is 0 Å². The van der Waals surface area contributed by atoms with E-state index in [0.29, 0.717) is 0 Å². The molecule has 0 radical (unpaired) electrons. The van der Waals surface area contributed by atoms with E-state index in [1.165, 1.54) is 6.92 Å². The number of hydrogen-bond donors (Lipinski definition) is 3. The maximum absolute atomic E-state index is 11.2. The van der Waals surface area contributed by atoms with Crippen molar-refractivity contribution < 1.29 is 29.3 Å². The van der Waals surface area contributed by atoms with E-state index in [0.717, 1.165) is 0 Å². The Morgan fingerprint density at radius 1 is 1.25 bits per heavy atom. The average Bonchev–Trinajstić information content (AvgIpc) is 2.14. The summed E-state index contributed by atoms with van der Waals surface area (Å²) in [4.78, 5) is 31.7. The van der Waals surface area contributed by atoms with E-state index in [2.05, 4.69) is 4.74 Å². The van der Waals surface area contributed by atoms with E-state index in [-0.39, 0.29) is 19.4 Å². The third-order valence-electron chi connectivity index (χ3n) is 1.94. The average molecular weight is 233 g/mol. The molecule has 0 aliphatic heterocycles. The highest BCUT2D eigenvalue weighted by atomic mass is 16.5. The number of aliphatic carboxylic acids is 2. The van der Waals surface area contributed by atoms with Crippen LogP contribution < -0.4 is 5.73 Å². The molecule has 0 saturated carbocycles. The minimum absolute atomic E-state index is 0.241. The predicted octanol–water partition coefficient (Wildman–Crippen LogP) is -0.558. The zero-order valence-corrected chi connectivity index (χ0v) is 8.88. The van der Waals surface area contributed by atoms with E-state index < -0.39 is 29.9 Å². The fourth-order valence-electron chi connectivity index (χ4n) is 0.970. The summed E-state index contributed by atoms with van der Waals surface area (Å²) in [6.07, 6.45) is -0.541. The molecule has 7 nitrogen and oxygen atoms in total. The van der Waals surface area contributed by atoms with E-state index in [1.54, 1.807) is 0 Å². The molecule has 0 amide bonds. The monoisotopic (exact) mass is 233 g/mol. The summed E-state index contributed by atoms with van der Waals surface area (Å²) in [5.41, 5.74) is 5.44. The van der Waals surface area contributed by atoms with E-state index in [4.69, 9.17) is 15.9 Å². The Hall–Kier alpha value is -1.63. The number of carboxylic acids is 2. The molecule has 1 unspecified atom stereocenters. The van der Waals surface area contributed by atoms with Crippen LogP contribution in [0.3, 0.4) is 0 Å². The number of esters is 1. The summed E-state index contributed by atoms with van der Waals surface area (Å²) in [5.74, 6) is -3.48. The molecule has 0 spiro atoms. The molecule has 92 valence electrons. The van der Waals surface area contributed by atoms with Crippen molar-refractivity contribution in [1.82, 2.24) is 0 Å². The minimum Gasteiger partial charge on any atom is -0.481 e. The molecule has 0 rings (SSSR count). The Bertz CT molecular complexity index is 277. The van der Waals surface area contributed by atoms with Crippen molar-refractivity contribution in [1.29, 1.82) is 0 Å². The number of carbonyl (C=O) groups is 3. The third kappa shape index (κ3) is 5.97. The van der Waals surface area contributed by atoms with Gasteiger partial charge in [-0.3, -0.25) is 14.4 Å². The molecule has 0 fully saturated rings. The van der Waals surface area contributed by atoms with Gasteiger partial charge in [0.1, 0.15) is 12.6 Å². The predicted molar refractivity (Wildman–Crippen MR) is 52.6 cm³/mol. The van der Waals surface area contributed by atoms with Crippen molar-refractivity contribution in [2.24, 2.45) is 11.7 Å². The molecular formula is C9H15NO6. The number of hydrogen-bond acceptors (Lipinski definition) is 5. The Morgan fingerprint density at radius 2 is 1.81 bits per heavy atom. The van der Waals surface area contributed by atoms with Gasteiger partial charge in [0.05, 0.1) is 6.42 Å². The lowest BCUT2D eigenvalue weighted by atomic mass is 9.99. The number of nitrogens with two attached hydrogens (primary N) is 1. The van der Waals surface area contributed by atoms with Gasteiger partial charge in [-0.1, -0.05) is 6.92 Å². The molecule has 0 aliphatic carbocycles. The van der Waals surface area contributed by atoms with E-state index in [9.17, 15) is 14.4 Å². The van der Waals surface area contributed by atoms with Crippen LogP contribution in [0.4, 0.5) is 0 Å². The molecular weight excluding hydrogens is 218 g/mol. The second kappa shape index (κ2) is 6.78. The standard InChI is InChI=1S/C9H15NO6/c1-5(4-7(13)14)8(10)9(15)16-3-2-6(11)12/h5,8H,2-4,10H2,1H3,(H,11,12)(H,13,14)/t5?,8-/m0/s1. The first-order valence-corrected chi connectivity index (χ1v) is 4.70. The highest BCUT2D eigenvalue weighted by molar-refractivity contribution is 5.77. The largest absolute Gasteiger partial charge is 0.481 e. The molecule has 0 bridgehead atoms. The molecule has 2 atom stereocenters. The van der Waals surface area contributed by atoms with Crippen molar-refractivity contribution >= 4 is 17.9 Å². The van der Waals surface area contributed by atoms with Gasteiger partial charge in [-0.2, -0.15) is 0 Å². The van der Waals surface area contributed by atoms with Crippen LogP contribution in [0.2, 0.25) is 0 Å². The second-order valence-corrected chi connectivity index (χ2v) is 3.41. The first-order valence-electron chi connectivity index (χ1n) is 4.70. The van der Waals surface area contributed by atoms with Crippen LogP contribution in [-0.2, 0) is 19.1 Å². The molecule has 0 aromatic carbocycles. The summed E-state index contributed by atoms with van der Waals surface area (Å²) in [5, 5.41) is 16.8. The Morgan fingerprint density at radius 3 is 2.25 bits per heavy atom. The van der Waals surface area contributed by atoms with Crippen LogP contribution in [0, 0.1) is 5.92 Å². The minimum atomic E-state index is -1.08. The van der Waals surface area contributed by atoms with Crippen LogP contribution in [0.25, 0.3) is 0 Å². The van der Waals surface area contributed by atoms with Crippen molar-refractivity contribution in [3.05, 3.63) is 0 Å². The molecule has 0 saturated heterocycles. The van der Waals surface area contributed by atoms with Crippen molar-refractivity contribution in [2.45, 2.75) is 25.8 Å². The number of ether oxygens (including phenoxy) is 1. The molecule has 0 aliphatic rings.